The molecule has 166 valence electrons. The number of aromatic amines is 1. The van der Waals surface area contributed by atoms with Crippen molar-refractivity contribution in [3.63, 3.8) is 0 Å². The topological polar surface area (TPSA) is 62.3 Å². The second kappa shape index (κ2) is 9.23. The molecule has 0 saturated heterocycles. The van der Waals surface area contributed by atoms with Crippen molar-refractivity contribution < 1.29 is 13.5 Å². The minimum absolute atomic E-state index is 0.153. The SMILES string of the molecule is CN(C)CCOc1ccc(Cn2c(=O)[nH]c3cc(Nc4ccc(F)cc4F)ccc32)cc1. The molecule has 0 unspecified atom stereocenters. The highest BCUT2D eigenvalue weighted by Gasteiger charge is 2.10. The average molecular weight is 438 g/mol. The Labute approximate surface area is 184 Å². The van der Waals surface area contributed by atoms with Crippen LogP contribution in [0.15, 0.2) is 65.5 Å². The molecule has 6 nitrogen and oxygen atoms in total. The number of imidazole rings is 1. The summed E-state index contributed by atoms with van der Waals surface area (Å²) in [4.78, 5) is 17.4. The van der Waals surface area contributed by atoms with Gasteiger partial charge in [0.1, 0.15) is 24.0 Å². The lowest BCUT2D eigenvalue weighted by Gasteiger charge is -2.11. The molecule has 0 amide bonds. The van der Waals surface area contributed by atoms with E-state index in [1.54, 1.807) is 22.8 Å². The minimum Gasteiger partial charge on any atom is -0.492 e. The molecule has 0 atom stereocenters. The Morgan fingerprint density at radius 3 is 2.53 bits per heavy atom. The van der Waals surface area contributed by atoms with Crippen molar-refractivity contribution in [2.45, 2.75) is 6.54 Å². The average Bonchev–Trinajstić information content (AvgIpc) is 3.05. The van der Waals surface area contributed by atoms with Crippen molar-refractivity contribution in [3.8, 4) is 5.75 Å². The maximum absolute atomic E-state index is 13.9. The molecule has 2 N–H and O–H groups in total. The van der Waals surface area contributed by atoms with Crippen molar-refractivity contribution in [3.05, 3.63) is 88.3 Å². The van der Waals surface area contributed by atoms with Crippen LogP contribution in [0.4, 0.5) is 20.2 Å². The number of nitrogens with zero attached hydrogens (tertiary/aromatic N) is 2. The first-order valence-electron chi connectivity index (χ1n) is 10.2. The fourth-order valence-corrected chi connectivity index (χ4v) is 3.36. The predicted octanol–water partition coefficient (Wildman–Crippen LogP) is 4.34. The third-order valence-electron chi connectivity index (χ3n) is 5.06. The molecule has 0 aliphatic rings. The van der Waals surface area contributed by atoms with Crippen LogP contribution in [0.5, 0.6) is 5.75 Å². The molecular formula is C24H24F2N4O2. The molecular weight excluding hydrogens is 414 g/mol. The van der Waals surface area contributed by atoms with E-state index in [1.165, 1.54) is 12.1 Å². The van der Waals surface area contributed by atoms with Gasteiger partial charge in [0.2, 0.25) is 0 Å². The molecule has 4 aromatic rings. The van der Waals surface area contributed by atoms with Gasteiger partial charge in [-0.05, 0) is 62.1 Å². The molecule has 0 aliphatic carbocycles. The van der Waals surface area contributed by atoms with Crippen LogP contribution in [-0.2, 0) is 6.54 Å². The summed E-state index contributed by atoms with van der Waals surface area (Å²) in [7, 11) is 3.98. The fraction of sp³-hybridized carbons (Fsp3) is 0.208. The van der Waals surface area contributed by atoms with Gasteiger partial charge in [-0.2, -0.15) is 0 Å². The van der Waals surface area contributed by atoms with Crippen LogP contribution in [0.2, 0.25) is 0 Å². The molecule has 0 radical (unpaired) electrons. The van der Waals surface area contributed by atoms with E-state index >= 15 is 0 Å². The summed E-state index contributed by atoms with van der Waals surface area (Å²) in [6, 6.07) is 16.2. The lowest BCUT2D eigenvalue weighted by Crippen LogP contribution is -2.19. The second-order valence-corrected chi connectivity index (χ2v) is 7.79. The highest BCUT2D eigenvalue weighted by Crippen LogP contribution is 2.24. The number of aromatic nitrogens is 2. The van der Waals surface area contributed by atoms with Crippen molar-refractivity contribution in [1.29, 1.82) is 0 Å². The minimum atomic E-state index is -0.690. The van der Waals surface area contributed by atoms with Gasteiger partial charge in [0.15, 0.2) is 0 Å². The third-order valence-corrected chi connectivity index (χ3v) is 5.06. The van der Waals surface area contributed by atoms with Crippen molar-refractivity contribution in [1.82, 2.24) is 14.5 Å². The number of benzene rings is 3. The van der Waals surface area contributed by atoms with Crippen LogP contribution < -0.4 is 15.7 Å². The van der Waals surface area contributed by atoms with E-state index in [4.69, 9.17) is 4.74 Å². The van der Waals surface area contributed by atoms with Gasteiger partial charge in [0.05, 0.1) is 23.3 Å². The molecule has 3 aromatic carbocycles. The maximum Gasteiger partial charge on any atom is 0.326 e. The molecule has 0 bridgehead atoms. The third kappa shape index (κ3) is 4.97. The number of fused-ring (bicyclic) bond motifs is 1. The Balaban J connectivity index is 1.50. The zero-order valence-electron chi connectivity index (χ0n) is 17.9. The fourth-order valence-electron chi connectivity index (χ4n) is 3.36. The van der Waals surface area contributed by atoms with Crippen LogP contribution in [0.3, 0.4) is 0 Å². The summed E-state index contributed by atoms with van der Waals surface area (Å²) in [5.74, 6) is -0.547. The molecule has 0 spiro atoms. The first-order valence-corrected chi connectivity index (χ1v) is 10.2. The van der Waals surface area contributed by atoms with Gasteiger partial charge in [-0.1, -0.05) is 12.1 Å². The first kappa shape index (κ1) is 21.6. The number of hydrogen-bond acceptors (Lipinski definition) is 4. The van der Waals surface area contributed by atoms with Crippen LogP contribution in [0.25, 0.3) is 11.0 Å². The smallest absolute Gasteiger partial charge is 0.326 e. The number of halogens is 2. The standard InChI is InChI=1S/C24H24F2N4O2/c1-29(2)11-12-32-19-7-3-16(4-8-19)15-30-23-10-6-18(14-22(23)28-24(30)31)27-21-9-5-17(25)13-20(21)26/h3-10,13-14,27H,11-12,15H2,1-2H3,(H,28,31). The van der Waals surface area contributed by atoms with Gasteiger partial charge in [0, 0.05) is 18.3 Å². The number of nitrogens with one attached hydrogen (secondary N) is 2. The lowest BCUT2D eigenvalue weighted by atomic mass is 10.2. The molecule has 4 rings (SSSR count). The Kier molecular flexibility index (Phi) is 6.23. The zero-order chi connectivity index (χ0) is 22.7. The molecule has 1 aromatic heterocycles. The van der Waals surface area contributed by atoms with E-state index in [0.29, 0.717) is 24.4 Å². The van der Waals surface area contributed by atoms with E-state index in [1.807, 2.05) is 38.4 Å². The van der Waals surface area contributed by atoms with E-state index in [-0.39, 0.29) is 11.4 Å². The summed E-state index contributed by atoms with van der Waals surface area (Å²) in [6.45, 7) is 1.83. The number of rotatable bonds is 8. The molecule has 0 fully saturated rings. The number of hydrogen-bond donors (Lipinski definition) is 2. The summed E-state index contributed by atoms with van der Waals surface area (Å²) >= 11 is 0. The molecule has 0 aliphatic heterocycles. The van der Waals surface area contributed by atoms with Gasteiger partial charge in [-0.15, -0.1) is 0 Å². The number of H-pyrrole nitrogens is 1. The van der Waals surface area contributed by atoms with Gasteiger partial charge in [-0.25, -0.2) is 13.6 Å². The predicted molar refractivity (Wildman–Crippen MR) is 122 cm³/mol. The summed E-state index contributed by atoms with van der Waals surface area (Å²) < 4.78 is 34.4. The normalized spacial score (nSPS) is 11.3. The largest absolute Gasteiger partial charge is 0.492 e. The number of anilines is 2. The van der Waals surface area contributed by atoms with E-state index in [2.05, 4.69) is 15.2 Å². The Morgan fingerprint density at radius 1 is 1.03 bits per heavy atom. The van der Waals surface area contributed by atoms with Gasteiger partial charge in [-0.3, -0.25) is 4.57 Å². The van der Waals surface area contributed by atoms with Crippen molar-refractivity contribution >= 4 is 22.4 Å². The monoisotopic (exact) mass is 438 g/mol. The van der Waals surface area contributed by atoms with Crippen LogP contribution >= 0.6 is 0 Å². The van der Waals surface area contributed by atoms with Gasteiger partial charge in [0.25, 0.3) is 0 Å². The lowest BCUT2D eigenvalue weighted by molar-refractivity contribution is 0.261. The second-order valence-electron chi connectivity index (χ2n) is 7.79. The first-order chi connectivity index (χ1) is 15.4. The summed E-state index contributed by atoms with van der Waals surface area (Å²) in [6.07, 6.45) is 0. The van der Waals surface area contributed by atoms with Crippen LogP contribution in [-0.4, -0.2) is 41.7 Å². The van der Waals surface area contributed by atoms with Crippen LogP contribution in [0.1, 0.15) is 5.56 Å². The Morgan fingerprint density at radius 2 is 1.81 bits per heavy atom. The summed E-state index contributed by atoms with van der Waals surface area (Å²) in [5.41, 5.74) is 2.80. The quantitative estimate of drug-likeness (QED) is 0.430. The van der Waals surface area contributed by atoms with Crippen molar-refractivity contribution in [2.24, 2.45) is 0 Å². The Hall–Kier alpha value is -3.65. The number of likely N-dealkylation sites (N-methyl/N-ethyl adjacent to an activating group) is 1. The highest BCUT2D eigenvalue weighted by molar-refractivity contribution is 5.81. The molecule has 1 heterocycles. The highest BCUT2D eigenvalue weighted by atomic mass is 19.1. The van der Waals surface area contributed by atoms with E-state index in [9.17, 15) is 13.6 Å². The van der Waals surface area contributed by atoms with Gasteiger partial charge < -0.3 is 19.9 Å². The molecule has 0 saturated carbocycles. The van der Waals surface area contributed by atoms with E-state index < -0.39 is 11.6 Å². The van der Waals surface area contributed by atoms with Crippen LogP contribution in [0, 0.1) is 11.6 Å². The zero-order valence-corrected chi connectivity index (χ0v) is 17.9. The molecule has 8 heteroatoms. The maximum atomic E-state index is 13.9. The van der Waals surface area contributed by atoms with Crippen molar-refractivity contribution in [2.75, 3.05) is 32.6 Å². The number of ether oxygens (including phenoxy) is 1. The van der Waals surface area contributed by atoms with E-state index in [0.717, 1.165) is 29.4 Å². The van der Waals surface area contributed by atoms with Gasteiger partial charge >= 0.3 is 5.69 Å². The molecule has 32 heavy (non-hydrogen) atoms. The summed E-state index contributed by atoms with van der Waals surface area (Å²) in [5, 5.41) is 2.91. The Bertz CT molecular complexity index is 1280.